The van der Waals surface area contributed by atoms with Gasteiger partial charge < -0.3 is 5.32 Å². The van der Waals surface area contributed by atoms with Crippen LogP contribution in [0, 0.1) is 6.92 Å². The molecule has 0 radical (unpaired) electrons. The lowest BCUT2D eigenvalue weighted by Crippen LogP contribution is -2.15. The Morgan fingerprint density at radius 3 is 2.73 bits per heavy atom. The summed E-state index contributed by atoms with van der Waals surface area (Å²) < 4.78 is 2.02. The van der Waals surface area contributed by atoms with Gasteiger partial charge in [-0.25, -0.2) is 0 Å². The number of aryl methyl sites for hydroxylation is 1. The molecule has 1 fully saturated rings. The lowest BCUT2D eigenvalue weighted by molar-refractivity contribution is 0.598. The maximum absolute atomic E-state index is 4.67. The van der Waals surface area contributed by atoms with Crippen molar-refractivity contribution in [3.63, 3.8) is 0 Å². The Bertz CT molecular complexity index is 346. The van der Waals surface area contributed by atoms with Crippen molar-refractivity contribution in [2.75, 3.05) is 6.54 Å². The fourth-order valence-corrected chi connectivity index (χ4v) is 2.54. The number of hydrogen-bond donors (Lipinski definition) is 1. The largest absolute Gasteiger partial charge is 0.309 e. The number of rotatable bonds is 2. The summed E-state index contributed by atoms with van der Waals surface area (Å²) in [5, 5.41) is 8.20. The van der Waals surface area contributed by atoms with Crippen LogP contribution in [-0.4, -0.2) is 16.3 Å². The molecule has 0 bridgehead atoms. The predicted octanol–water partition coefficient (Wildman–Crippen LogP) is 2.28. The molecule has 2 heterocycles. The highest BCUT2D eigenvalue weighted by Crippen LogP contribution is 2.31. The first-order chi connectivity index (χ1) is 7.11. The summed E-state index contributed by atoms with van der Waals surface area (Å²) in [4.78, 5) is 0. The van der Waals surface area contributed by atoms with Crippen molar-refractivity contribution in [2.24, 2.45) is 7.05 Å². The number of nitrogens with zero attached hydrogens (tertiary/aromatic N) is 2. The monoisotopic (exact) mass is 207 g/mol. The van der Waals surface area contributed by atoms with Gasteiger partial charge in [0.1, 0.15) is 0 Å². The van der Waals surface area contributed by atoms with Crippen molar-refractivity contribution in [3.8, 4) is 0 Å². The average molecular weight is 207 g/mol. The van der Waals surface area contributed by atoms with E-state index >= 15 is 0 Å². The maximum atomic E-state index is 4.67. The van der Waals surface area contributed by atoms with Gasteiger partial charge >= 0.3 is 0 Å². The fourth-order valence-electron chi connectivity index (χ4n) is 2.54. The lowest BCUT2D eigenvalue weighted by atomic mass is 9.96. The van der Waals surface area contributed by atoms with Crippen LogP contribution < -0.4 is 5.32 Å². The van der Waals surface area contributed by atoms with E-state index in [-0.39, 0.29) is 0 Å². The smallest absolute Gasteiger partial charge is 0.0831 e. The van der Waals surface area contributed by atoms with Crippen molar-refractivity contribution in [1.29, 1.82) is 0 Å². The second kappa shape index (κ2) is 3.97. The van der Waals surface area contributed by atoms with E-state index in [0.717, 1.165) is 6.54 Å². The van der Waals surface area contributed by atoms with Crippen LogP contribution in [0.1, 0.15) is 55.6 Å². The molecule has 1 atom stereocenters. The lowest BCUT2D eigenvalue weighted by Gasteiger charge is -2.12. The van der Waals surface area contributed by atoms with Gasteiger partial charge in [-0.15, -0.1) is 0 Å². The van der Waals surface area contributed by atoms with Crippen LogP contribution in [0.3, 0.4) is 0 Å². The van der Waals surface area contributed by atoms with Gasteiger partial charge in [0.05, 0.1) is 11.7 Å². The molecule has 1 unspecified atom stereocenters. The van der Waals surface area contributed by atoms with Crippen LogP contribution in [0.5, 0.6) is 0 Å². The van der Waals surface area contributed by atoms with Gasteiger partial charge in [-0.2, -0.15) is 5.10 Å². The minimum atomic E-state index is 0.488. The Morgan fingerprint density at radius 2 is 2.20 bits per heavy atom. The molecule has 1 aromatic heterocycles. The van der Waals surface area contributed by atoms with Gasteiger partial charge in [0.15, 0.2) is 0 Å². The molecule has 84 valence electrons. The molecule has 15 heavy (non-hydrogen) atoms. The Hall–Kier alpha value is -0.830. The molecule has 3 nitrogen and oxygen atoms in total. The van der Waals surface area contributed by atoms with Gasteiger partial charge in [-0.3, -0.25) is 4.68 Å². The Balaban J connectivity index is 2.40. The molecule has 0 aliphatic carbocycles. The van der Waals surface area contributed by atoms with Gasteiger partial charge in [0.25, 0.3) is 0 Å². The van der Waals surface area contributed by atoms with E-state index in [1.165, 1.54) is 29.8 Å². The molecule has 2 rings (SSSR count). The van der Waals surface area contributed by atoms with E-state index in [1.807, 2.05) is 11.7 Å². The van der Waals surface area contributed by atoms with E-state index in [9.17, 15) is 0 Å². The minimum Gasteiger partial charge on any atom is -0.309 e. The van der Waals surface area contributed by atoms with Gasteiger partial charge in [0, 0.05) is 18.3 Å². The summed E-state index contributed by atoms with van der Waals surface area (Å²) in [6, 6.07) is 0.488. The molecule has 1 aromatic rings. The molecule has 3 heteroatoms. The van der Waals surface area contributed by atoms with Crippen molar-refractivity contribution >= 4 is 0 Å². The third-order valence-corrected chi connectivity index (χ3v) is 3.38. The van der Waals surface area contributed by atoms with Crippen LogP contribution in [-0.2, 0) is 7.05 Å². The minimum absolute atomic E-state index is 0.488. The number of nitrogens with one attached hydrogen (secondary N) is 1. The van der Waals surface area contributed by atoms with Crippen LogP contribution in [0.15, 0.2) is 0 Å². The molecular weight excluding hydrogens is 186 g/mol. The Kier molecular flexibility index (Phi) is 2.83. The molecular formula is C12H21N3. The topological polar surface area (TPSA) is 29.9 Å². The highest BCUT2D eigenvalue weighted by Gasteiger charge is 2.25. The number of hydrogen-bond acceptors (Lipinski definition) is 2. The summed E-state index contributed by atoms with van der Waals surface area (Å²) in [5.74, 6) is 0.566. The van der Waals surface area contributed by atoms with Crippen LogP contribution in [0.25, 0.3) is 0 Å². The summed E-state index contributed by atoms with van der Waals surface area (Å²) in [5.41, 5.74) is 4.04. The number of aromatic nitrogens is 2. The Labute approximate surface area is 91.9 Å². The zero-order valence-electron chi connectivity index (χ0n) is 10.2. The summed E-state index contributed by atoms with van der Waals surface area (Å²) >= 11 is 0. The fraction of sp³-hybridized carbons (Fsp3) is 0.750. The molecule has 1 aliphatic rings. The maximum Gasteiger partial charge on any atom is 0.0831 e. The van der Waals surface area contributed by atoms with Gasteiger partial charge in [0.2, 0.25) is 0 Å². The van der Waals surface area contributed by atoms with Crippen molar-refractivity contribution < 1.29 is 0 Å². The Morgan fingerprint density at radius 1 is 1.47 bits per heavy atom. The van der Waals surface area contributed by atoms with Gasteiger partial charge in [-0.1, -0.05) is 13.8 Å². The third-order valence-electron chi connectivity index (χ3n) is 3.38. The summed E-state index contributed by atoms with van der Waals surface area (Å²) in [6.45, 7) is 7.81. The standard InChI is InChI=1S/C12H21N3/c1-8(2)11-9(3)15(4)14-12(11)10-6-5-7-13-10/h8,10,13H,5-7H2,1-4H3. The first-order valence-electron chi connectivity index (χ1n) is 5.88. The highest BCUT2D eigenvalue weighted by molar-refractivity contribution is 5.31. The molecule has 0 spiro atoms. The third kappa shape index (κ3) is 1.81. The molecule has 1 aliphatic heterocycles. The first kappa shape index (κ1) is 10.7. The van der Waals surface area contributed by atoms with Crippen LogP contribution >= 0.6 is 0 Å². The molecule has 0 amide bonds. The second-order valence-electron chi connectivity index (χ2n) is 4.81. The van der Waals surface area contributed by atoms with Crippen molar-refractivity contribution in [3.05, 3.63) is 17.0 Å². The molecule has 0 aromatic carbocycles. The highest BCUT2D eigenvalue weighted by atomic mass is 15.3. The SMILES string of the molecule is Cc1c(C(C)C)c(C2CCCN2)nn1C. The van der Waals surface area contributed by atoms with E-state index in [0.29, 0.717) is 12.0 Å². The van der Waals surface area contributed by atoms with Crippen LogP contribution in [0.4, 0.5) is 0 Å². The molecule has 1 saturated heterocycles. The zero-order chi connectivity index (χ0) is 11.0. The van der Waals surface area contributed by atoms with Crippen molar-refractivity contribution in [2.45, 2.75) is 45.6 Å². The second-order valence-corrected chi connectivity index (χ2v) is 4.81. The summed E-state index contributed by atoms with van der Waals surface area (Å²) in [7, 11) is 2.04. The van der Waals surface area contributed by atoms with E-state index in [4.69, 9.17) is 0 Å². The zero-order valence-corrected chi connectivity index (χ0v) is 10.2. The summed E-state index contributed by atoms with van der Waals surface area (Å²) in [6.07, 6.45) is 2.51. The van der Waals surface area contributed by atoms with E-state index < -0.39 is 0 Å². The van der Waals surface area contributed by atoms with E-state index in [1.54, 1.807) is 0 Å². The van der Waals surface area contributed by atoms with Crippen LogP contribution in [0.2, 0.25) is 0 Å². The quantitative estimate of drug-likeness (QED) is 0.806. The van der Waals surface area contributed by atoms with Crippen molar-refractivity contribution in [1.82, 2.24) is 15.1 Å². The molecule has 0 saturated carbocycles. The first-order valence-corrected chi connectivity index (χ1v) is 5.88. The average Bonchev–Trinajstić information content (AvgIpc) is 2.75. The van der Waals surface area contributed by atoms with Gasteiger partial charge in [-0.05, 0) is 32.2 Å². The molecule has 1 N–H and O–H groups in total. The predicted molar refractivity (Wildman–Crippen MR) is 62.0 cm³/mol. The normalized spacial score (nSPS) is 21.5. The van der Waals surface area contributed by atoms with E-state index in [2.05, 4.69) is 31.2 Å².